The first-order valence-corrected chi connectivity index (χ1v) is 7.30. The molecule has 0 saturated heterocycles. The van der Waals surface area contributed by atoms with Crippen LogP contribution in [0.5, 0.6) is 0 Å². The highest BCUT2D eigenvalue weighted by Gasteiger charge is 2.30. The average molecular weight is 238 g/mol. The Bertz CT molecular complexity index is 232. The van der Waals surface area contributed by atoms with Crippen LogP contribution in [0.4, 0.5) is 0 Å². The Morgan fingerprint density at radius 2 is 1.53 bits per heavy atom. The van der Waals surface area contributed by atoms with Gasteiger partial charge in [0, 0.05) is 0 Å². The second-order valence-electron chi connectivity index (χ2n) is 7.60. The zero-order chi connectivity index (χ0) is 13.7. The van der Waals surface area contributed by atoms with Crippen molar-refractivity contribution in [1.82, 2.24) is 0 Å². The molecule has 102 valence electrons. The molecule has 0 aliphatic carbocycles. The molecule has 0 radical (unpaired) electrons. The van der Waals surface area contributed by atoms with Gasteiger partial charge in [-0.1, -0.05) is 73.5 Å². The summed E-state index contributed by atoms with van der Waals surface area (Å²) in [7, 11) is 0. The first-order chi connectivity index (χ1) is 7.61. The summed E-state index contributed by atoms with van der Waals surface area (Å²) in [6.45, 7) is 18.8. The van der Waals surface area contributed by atoms with Gasteiger partial charge in [-0.15, -0.1) is 0 Å². The SMILES string of the molecule is CCCC=C(CC)C(CC(C)(C)C)C(C)(C)C. The standard InChI is InChI=1S/C17H34/c1-9-11-12-14(10-2)15(17(6,7)8)13-16(3,4)5/h12,15H,9-11,13H2,1-8H3. The lowest BCUT2D eigenvalue weighted by molar-refractivity contribution is 0.193. The van der Waals surface area contributed by atoms with Gasteiger partial charge in [0.1, 0.15) is 0 Å². The lowest BCUT2D eigenvalue weighted by Gasteiger charge is -2.37. The van der Waals surface area contributed by atoms with Crippen molar-refractivity contribution in [3.8, 4) is 0 Å². The van der Waals surface area contributed by atoms with Gasteiger partial charge in [0.2, 0.25) is 0 Å². The van der Waals surface area contributed by atoms with Crippen LogP contribution in [0.25, 0.3) is 0 Å². The summed E-state index contributed by atoms with van der Waals surface area (Å²) in [6.07, 6.45) is 7.50. The van der Waals surface area contributed by atoms with Gasteiger partial charge >= 0.3 is 0 Å². The highest BCUT2D eigenvalue weighted by molar-refractivity contribution is 5.10. The third-order valence-corrected chi connectivity index (χ3v) is 3.41. The maximum absolute atomic E-state index is 2.50. The molecule has 1 unspecified atom stereocenters. The predicted molar refractivity (Wildman–Crippen MR) is 80.3 cm³/mol. The van der Waals surface area contributed by atoms with E-state index in [4.69, 9.17) is 0 Å². The summed E-state index contributed by atoms with van der Waals surface area (Å²) >= 11 is 0. The molecule has 0 N–H and O–H groups in total. The molecule has 0 fully saturated rings. The van der Waals surface area contributed by atoms with Crippen molar-refractivity contribution in [2.24, 2.45) is 16.7 Å². The number of allylic oxidation sites excluding steroid dienone is 2. The molecule has 0 heteroatoms. The van der Waals surface area contributed by atoms with Crippen molar-refractivity contribution in [2.75, 3.05) is 0 Å². The lowest BCUT2D eigenvalue weighted by Crippen LogP contribution is -2.27. The minimum absolute atomic E-state index is 0.378. The van der Waals surface area contributed by atoms with Gasteiger partial charge in [-0.3, -0.25) is 0 Å². The zero-order valence-corrected chi connectivity index (χ0v) is 13.5. The fourth-order valence-electron chi connectivity index (χ4n) is 2.47. The van der Waals surface area contributed by atoms with Gasteiger partial charge in [-0.2, -0.15) is 0 Å². The van der Waals surface area contributed by atoms with Crippen LogP contribution in [0.3, 0.4) is 0 Å². The van der Waals surface area contributed by atoms with E-state index in [0.29, 0.717) is 10.8 Å². The molecule has 0 aromatic carbocycles. The van der Waals surface area contributed by atoms with E-state index in [-0.39, 0.29) is 0 Å². The van der Waals surface area contributed by atoms with Crippen molar-refractivity contribution >= 4 is 0 Å². The van der Waals surface area contributed by atoms with Gasteiger partial charge in [-0.05, 0) is 36.0 Å². The molecule has 0 amide bonds. The number of rotatable bonds is 5. The van der Waals surface area contributed by atoms with Crippen LogP contribution in [0, 0.1) is 16.7 Å². The van der Waals surface area contributed by atoms with E-state index in [1.165, 1.54) is 25.7 Å². The van der Waals surface area contributed by atoms with Crippen molar-refractivity contribution in [2.45, 2.75) is 81.1 Å². The average Bonchev–Trinajstić information content (AvgIpc) is 2.14. The third kappa shape index (κ3) is 6.91. The molecule has 0 aliphatic heterocycles. The van der Waals surface area contributed by atoms with Crippen LogP contribution in [0.2, 0.25) is 0 Å². The molecule has 0 saturated carbocycles. The van der Waals surface area contributed by atoms with Gasteiger partial charge in [-0.25, -0.2) is 0 Å². The van der Waals surface area contributed by atoms with Gasteiger partial charge in [0.05, 0.1) is 0 Å². The van der Waals surface area contributed by atoms with Crippen LogP contribution < -0.4 is 0 Å². The first kappa shape index (κ1) is 16.7. The minimum atomic E-state index is 0.378. The Morgan fingerprint density at radius 1 is 1.00 bits per heavy atom. The molecule has 1 atom stereocenters. The Kier molecular flexibility index (Phi) is 6.51. The smallest absolute Gasteiger partial charge is 0.0150 e. The molecule has 0 aromatic heterocycles. The Balaban J connectivity index is 5.02. The van der Waals surface area contributed by atoms with Crippen molar-refractivity contribution in [3.63, 3.8) is 0 Å². The van der Waals surface area contributed by atoms with Gasteiger partial charge in [0.15, 0.2) is 0 Å². The Hall–Kier alpha value is -0.260. The fraction of sp³-hybridized carbons (Fsp3) is 0.882. The van der Waals surface area contributed by atoms with E-state index < -0.39 is 0 Å². The summed E-state index contributed by atoms with van der Waals surface area (Å²) in [5.74, 6) is 0.721. The molecular weight excluding hydrogens is 204 g/mol. The quantitative estimate of drug-likeness (QED) is 0.499. The van der Waals surface area contributed by atoms with Gasteiger partial charge < -0.3 is 0 Å². The number of unbranched alkanes of at least 4 members (excludes halogenated alkanes) is 1. The second kappa shape index (κ2) is 6.61. The molecule has 0 aromatic rings. The minimum Gasteiger partial charge on any atom is -0.0851 e. The first-order valence-electron chi connectivity index (χ1n) is 7.30. The summed E-state index contributed by atoms with van der Waals surface area (Å²) < 4.78 is 0. The largest absolute Gasteiger partial charge is 0.0851 e. The molecule has 0 rings (SSSR count). The zero-order valence-electron chi connectivity index (χ0n) is 13.5. The summed E-state index contributed by atoms with van der Waals surface area (Å²) in [4.78, 5) is 0. The van der Waals surface area contributed by atoms with Gasteiger partial charge in [0.25, 0.3) is 0 Å². The van der Waals surface area contributed by atoms with E-state index in [2.05, 4.69) is 61.5 Å². The van der Waals surface area contributed by atoms with Crippen LogP contribution in [-0.4, -0.2) is 0 Å². The topological polar surface area (TPSA) is 0 Å². The monoisotopic (exact) mass is 238 g/mol. The Morgan fingerprint density at radius 3 is 1.82 bits per heavy atom. The van der Waals surface area contributed by atoms with Crippen LogP contribution in [-0.2, 0) is 0 Å². The normalized spacial score (nSPS) is 16.1. The van der Waals surface area contributed by atoms with E-state index in [0.717, 1.165) is 5.92 Å². The maximum Gasteiger partial charge on any atom is -0.0150 e. The fourth-order valence-corrected chi connectivity index (χ4v) is 2.47. The maximum atomic E-state index is 2.50. The molecule has 0 nitrogen and oxygen atoms in total. The molecule has 0 aliphatic rings. The Labute approximate surface area is 110 Å². The van der Waals surface area contributed by atoms with E-state index in [1.807, 2.05) is 0 Å². The lowest BCUT2D eigenvalue weighted by atomic mass is 9.68. The van der Waals surface area contributed by atoms with Crippen LogP contribution in [0.15, 0.2) is 11.6 Å². The van der Waals surface area contributed by atoms with E-state index >= 15 is 0 Å². The van der Waals surface area contributed by atoms with Crippen molar-refractivity contribution < 1.29 is 0 Å². The van der Waals surface area contributed by atoms with E-state index in [1.54, 1.807) is 5.57 Å². The summed E-state index contributed by atoms with van der Waals surface area (Å²) in [6, 6.07) is 0. The van der Waals surface area contributed by atoms with Crippen LogP contribution in [0.1, 0.15) is 81.1 Å². The number of hydrogen-bond donors (Lipinski definition) is 0. The van der Waals surface area contributed by atoms with E-state index in [9.17, 15) is 0 Å². The molecule has 0 bridgehead atoms. The van der Waals surface area contributed by atoms with Crippen molar-refractivity contribution in [3.05, 3.63) is 11.6 Å². The summed E-state index contributed by atoms with van der Waals surface area (Å²) in [5.41, 5.74) is 2.47. The highest BCUT2D eigenvalue weighted by Crippen LogP contribution is 2.41. The summed E-state index contributed by atoms with van der Waals surface area (Å²) in [5, 5.41) is 0. The van der Waals surface area contributed by atoms with Crippen LogP contribution >= 0.6 is 0 Å². The second-order valence-corrected chi connectivity index (χ2v) is 7.60. The third-order valence-electron chi connectivity index (χ3n) is 3.41. The highest BCUT2D eigenvalue weighted by atomic mass is 14.4. The molecule has 0 spiro atoms. The van der Waals surface area contributed by atoms with Crippen molar-refractivity contribution in [1.29, 1.82) is 0 Å². The number of hydrogen-bond acceptors (Lipinski definition) is 0. The molecule has 0 heterocycles. The predicted octanol–water partition coefficient (Wildman–Crippen LogP) is 6.22. The molecule has 17 heavy (non-hydrogen) atoms. The molecular formula is C17H34.